The van der Waals surface area contributed by atoms with Gasteiger partial charge in [-0.1, -0.05) is 48.5 Å². The topological polar surface area (TPSA) is 54.4 Å². The van der Waals surface area contributed by atoms with Crippen LogP contribution < -0.4 is 0 Å². The summed E-state index contributed by atoms with van der Waals surface area (Å²) < 4.78 is 13.2. The number of carbonyl (C=O) groups is 2. The van der Waals surface area contributed by atoms with Gasteiger partial charge in [-0.2, -0.15) is 0 Å². The second-order valence-corrected chi connectivity index (χ2v) is 6.29. The molecule has 4 heteroatoms. The Morgan fingerprint density at radius 1 is 0.808 bits per heavy atom. The number of hydrogen-bond acceptors (Lipinski definition) is 3. The zero-order valence-electron chi connectivity index (χ0n) is 13.8. The summed E-state index contributed by atoms with van der Waals surface area (Å²) in [6.45, 7) is -0.113. The first-order valence-electron chi connectivity index (χ1n) is 8.27. The number of fused-ring (bicyclic) bond motifs is 1. The Bertz CT molecular complexity index is 1020. The van der Waals surface area contributed by atoms with Gasteiger partial charge in [0.2, 0.25) is 0 Å². The van der Waals surface area contributed by atoms with Crippen molar-refractivity contribution in [3.8, 4) is 11.1 Å². The fourth-order valence-electron chi connectivity index (χ4n) is 3.46. The molecule has 0 bridgehead atoms. The third-order valence-corrected chi connectivity index (χ3v) is 4.78. The van der Waals surface area contributed by atoms with Gasteiger partial charge in [0.25, 0.3) is 0 Å². The molecule has 1 N–H and O–H groups in total. The Kier molecular flexibility index (Phi) is 3.98. The van der Waals surface area contributed by atoms with E-state index in [9.17, 15) is 19.1 Å². The highest BCUT2D eigenvalue weighted by molar-refractivity contribution is 6.30. The summed E-state index contributed by atoms with van der Waals surface area (Å²) in [6, 6.07) is 18.0. The summed E-state index contributed by atoms with van der Waals surface area (Å²) in [5.74, 6) is -1.88. The molecule has 0 spiro atoms. The largest absolute Gasteiger partial charge is 0.392 e. The van der Waals surface area contributed by atoms with E-state index in [0.717, 1.165) is 16.7 Å². The van der Waals surface area contributed by atoms with E-state index in [2.05, 4.69) is 0 Å². The number of benzene rings is 3. The lowest BCUT2D eigenvalue weighted by molar-refractivity contribution is 0.0890. The smallest absolute Gasteiger partial charge is 0.178 e. The number of aliphatic hydroxyl groups excluding tert-OH is 1. The highest BCUT2D eigenvalue weighted by Gasteiger charge is 2.39. The summed E-state index contributed by atoms with van der Waals surface area (Å²) in [7, 11) is 0. The average Bonchev–Trinajstić information content (AvgIpc) is 2.93. The van der Waals surface area contributed by atoms with Crippen molar-refractivity contribution in [2.45, 2.75) is 12.5 Å². The van der Waals surface area contributed by atoms with Gasteiger partial charge in [0.1, 0.15) is 11.7 Å². The summed E-state index contributed by atoms with van der Waals surface area (Å²) in [4.78, 5) is 25.6. The lowest BCUT2D eigenvalue weighted by Gasteiger charge is -2.08. The first-order chi connectivity index (χ1) is 12.6. The molecule has 1 unspecified atom stereocenters. The molecule has 128 valence electrons. The normalized spacial score (nSPS) is 16.0. The third kappa shape index (κ3) is 2.55. The Balaban J connectivity index is 1.78. The Morgan fingerprint density at radius 3 is 2.23 bits per heavy atom. The van der Waals surface area contributed by atoms with Crippen LogP contribution in [0.25, 0.3) is 11.1 Å². The minimum atomic E-state index is -0.922. The van der Waals surface area contributed by atoms with Crippen LogP contribution in [0.15, 0.2) is 66.7 Å². The number of ketones is 2. The second kappa shape index (κ2) is 6.32. The molecule has 0 heterocycles. The maximum atomic E-state index is 13.2. The van der Waals surface area contributed by atoms with E-state index in [4.69, 9.17) is 0 Å². The molecule has 0 aliphatic heterocycles. The SMILES string of the molecule is O=C1c2ccc(-c3ccccc3CO)cc2C(=O)C1c1ccc(F)cc1. The molecule has 1 atom stereocenters. The molecule has 1 aliphatic carbocycles. The highest BCUT2D eigenvalue weighted by Crippen LogP contribution is 2.36. The first-order valence-corrected chi connectivity index (χ1v) is 8.27. The van der Waals surface area contributed by atoms with Crippen LogP contribution in [0.3, 0.4) is 0 Å². The van der Waals surface area contributed by atoms with E-state index in [1.165, 1.54) is 24.3 Å². The van der Waals surface area contributed by atoms with E-state index in [1.807, 2.05) is 24.3 Å². The van der Waals surface area contributed by atoms with Crippen molar-refractivity contribution in [2.24, 2.45) is 0 Å². The predicted octanol–water partition coefficient (Wildman–Crippen LogP) is 4.15. The van der Waals surface area contributed by atoms with Gasteiger partial charge in [-0.3, -0.25) is 9.59 Å². The molecule has 1 aliphatic rings. The number of hydrogen-bond donors (Lipinski definition) is 1. The maximum absolute atomic E-state index is 13.2. The summed E-state index contributed by atoms with van der Waals surface area (Å²) in [5, 5.41) is 9.53. The van der Waals surface area contributed by atoms with Crippen LogP contribution >= 0.6 is 0 Å². The van der Waals surface area contributed by atoms with Gasteiger partial charge in [-0.25, -0.2) is 4.39 Å². The third-order valence-electron chi connectivity index (χ3n) is 4.78. The van der Waals surface area contributed by atoms with Crippen LogP contribution in [-0.4, -0.2) is 16.7 Å². The Morgan fingerprint density at radius 2 is 1.50 bits per heavy atom. The zero-order chi connectivity index (χ0) is 18.3. The van der Waals surface area contributed by atoms with Crippen molar-refractivity contribution in [2.75, 3.05) is 0 Å². The second-order valence-electron chi connectivity index (χ2n) is 6.29. The van der Waals surface area contributed by atoms with Crippen molar-refractivity contribution in [1.29, 1.82) is 0 Å². The molecule has 3 aromatic rings. The molecule has 26 heavy (non-hydrogen) atoms. The van der Waals surface area contributed by atoms with Gasteiger partial charge in [0.15, 0.2) is 11.6 Å². The van der Waals surface area contributed by atoms with Gasteiger partial charge in [-0.05, 0) is 40.5 Å². The van der Waals surface area contributed by atoms with Gasteiger partial charge in [0.05, 0.1) is 6.61 Å². The number of carbonyl (C=O) groups excluding carboxylic acids is 2. The lowest BCUT2D eigenvalue weighted by Crippen LogP contribution is -2.12. The predicted molar refractivity (Wildman–Crippen MR) is 95.6 cm³/mol. The van der Waals surface area contributed by atoms with Gasteiger partial charge < -0.3 is 5.11 Å². The summed E-state index contributed by atoms with van der Waals surface area (Å²) in [6.07, 6.45) is 0. The van der Waals surface area contributed by atoms with Crippen molar-refractivity contribution in [3.63, 3.8) is 0 Å². The molecule has 0 saturated heterocycles. The fourth-order valence-corrected chi connectivity index (χ4v) is 3.46. The standard InChI is InChI=1S/C22H15FO3/c23-16-8-5-13(6-9-16)20-21(25)18-10-7-14(11-19(18)22(20)26)17-4-2-1-3-15(17)12-24/h1-11,20,24H,12H2. The molecule has 0 saturated carbocycles. The minimum Gasteiger partial charge on any atom is -0.392 e. The van der Waals surface area contributed by atoms with Crippen molar-refractivity contribution < 1.29 is 19.1 Å². The van der Waals surface area contributed by atoms with Crippen molar-refractivity contribution in [1.82, 2.24) is 0 Å². The van der Waals surface area contributed by atoms with E-state index in [-0.39, 0.29) is 18.2 Å². The van der Waals surface area contributed by atoms with Gasteiger partial charge in [-0.15, -0.1) is 0 Å². The number of aliphatic hydroxyl groups is 1. The minimum absolute atomic E-state index is 0.113. The Hall–Kier alpha value is -3.11. The van der Waals surface area contributed by atoms with Crippen LogP contribution in [-0.2, 0) is 6.61 Å². The molecule has 4 rings (SSSR count). The molecule has 0 aromatic heterocycles. The molecule has 0 amide bonds. The summed E-state index contributed by atoms with van der Waals surface area (Å²) in [5.41, 5.74) is 3.59. The molecule has 3 aromatic carbocycles. The Labute approximate surface area is 149 Å². The van der Waals surface area contributed by atoms with Crippen molar-refractivity contribution >= 4 is 11.6 Å². The van der Waals surface area contributed by atoms with E-state index in [0.29, 0.717) is 16.7 Å². The molecule has 0 radical (unpaired) electrons. The van der Waals surface area contributed by atoms with Crippen LogP contribution in [0.1, 0.15) is 37.8 Å². The average molecular weight is 346 g/mol. The van der Waals surface area contributed by atoms with Gasteiger partial charge in [0, 0.05) is 11.1 Å². The monoisotopic (exact) mass is 346 g/mol. The molecule has 3 nitrogen and oxygen atoms in total. The number of rotatable bonds is 3. The van der Waals surface area contributed by atoms with Crippen LogP contribution in [0.4, 0.5) is 4.39 Å². The highest BCUT2D eigenvalue weighted by atomic mass is 19.1. The van der Waals surface area contributed by atoms with E-state index >= 15 is 0 Å². The molecular formula is C22H15FO3. The number of Topliss-reactive ketones (excluding diaryl/α,β-unsaturated/α-hetero) is 2. The van der Waals surface area contributed by atoms with E-state index < -0.39 is 11.7 Å². The summed E-state index contributed by atoms with van der Waals surface area (Å²) >= 11 is 0. The first kappa shape index (κ1) is 16.4. The maximum Gasteiger partial charge on any atom is 0.178 e. The zero-order valence-corrected chi connectivity index (χ0v) is 13.8. The lowest BCUT2D eigenvalue weighted by atomic mass is 9.94. The molecule has 0 fully saturated rings. The quantitative estimate of drug-likeness (QED) is 0.725. The van der Waals surface area contributed by atoms with Crippen molar-refractivity contribution in [3.05, 3.63) is 94.8 Å². The van der Waals surface area contributed by atoms with Crippen LogP contribution in [0.2, 0.25) is 0 Å². The fraction of sp³-hybridized carbons (Fsp3) is 0.0909. The molecular weight excluding hydrogens is 331 g/mol. The van der Waals surface area contributed by atoms with E-state index in [1.54, 1.807) is 18.2 Å². The van der Waals surface area contributed by atoms with Crippen LogP contribution in [0, 0.1) is 5.82 Å². The van der Waals surface area contributed by atoms with Crippen LogP contribution in [0.5, 0.6) is 0 Å². The number of halogens is 1. The van der Waals surface area contributed by atoms with Gasteiger partial charge >= 0.3 is 0 Å².